The van der Waals surface area contributed by atoms with Crippen molar-refractivity contribution >= 4 is 17.6 Å². The number of carbonyl (C=O) groups excluding carboxylic acids is 1. The molecular formula is C15H20N6O6. The highest BCUT2D eigenvalue weighted by Gasteiger charge is 2.19. The molecule has 0 aromatic carbocycles. The zero-order valence-electron chi connectivity index (χ0n) is 15.0. The molecule has 0 unspecified atom stereocenters. The highest BCUT2D eigenvalue weighted by Crippen LogP contribution is 2.12. The molecule has 2 aromatic rings. The fraction of sp³-hybridized carbons (Fsp3) is 0.400. The Labute approximate surface area is 153 Å². The summed E-state index contributed by atoms with van der Waals surface area (Å²) in [5, 5.41) is 23.3. The molecule has 0 radical (unpaired) electrons. The Bertz CT molecular complexity index is 880. The number of pyridine rings is 1. The summed E-state index contributed by atoms with van der Waals surface area (Å²) in [4.78, 5) is 37.9. The highest BCUT2D eigenvalue weighted by molar-refractivity contribution is 5.76. The molecule has 12 heteroatoms. The number of anilines is 1. The van der Waals surface area contributed by atoms with Crippen molar-refractivity contribution in [2.75, 3.05) is 17.3 Å². The number of amides is 1. The number of ether oxygens (including phenoxy) is 1. The van der Waals surface area contributed by atoms with E-state index in [0.29, 0.717) is 10.5 Å². The van der Waals surface area contributed by atoms with Crippen LogP contribution in [0.2, 0.25) is 0 Å². The van der Waals surface area contributed by atoms with Gasteiger partial charge in [0.1, 0.15) is 17.6 Å². The van der Waals surface area contributed by atoms with Gasteiger partial charge in [-0.15, -0.1) is 0 Å². The minimum atomic E-state index is -0.883. The van der Waals surface area contributed by atoms with Crippen molar-refractivity contribution in [3.63, 3.8) is 0 Å². The van der Waals surface area contributed by atoms with Crippen LogP contribution in [0.15, 0.2) is 29.3 Å². The summed E-state index contributed by atoms with van der Waals surface area (Å²) < 4.78 is 6.86. The summed E-state index contributed by atoms with van der Waals surface area (Å²) in [6.45, 7) is 5.39. The minimum Gasteiger partial charge on any atom is -0.492 e. The third-order valence-corrected chi connectivity index (χ3v) is 3.16. The maximum absolute atomic E-state index is 12.2. The van der Waals surface area contributed by atoms with Crippen molar-refractivity contribution < 1.29 is 19.6 Å². The summed E-state index contributed by atoms with van der Waals surface area (Å²) in [5.41, 5.74) is 0.598. The molecule has 2 rings (SSSR count). The SMILES string of the molecule is CC(C)(C)OC(=O)Nn1c(O)cn(CCNc2ccc([N+](=O)[O-])cn2)c1=O. The van der Waals surface area contributed by atoms with E-state index in [-0.39, 0.29) is 18.8 Å². The van der Waals surface area contributed by atoms with Crippen molar-refractivity contribution in [1.29, 1.82) is 0 Å². The van der Waals surface area contributed by atoms with Gasteiger partial charge in [0, 0.05) is 19.2 Å². The number of nitro groups is 1. The van der Waals surface area contributed by atoms with Gasteiger partial charge >= 0.3 is 11.8 Å². The fourth-order valence-electron chi connectivity index (χ4n) is 2.04. The first-order valence-electron chi connectivity index (χ1n) is 7.92. The zero-order chi connectivity index (χ0) is 20.2. The number of rotatable bonds is 6. The smallest absolute Gasteiger partial charge is 0.427 e. The lowest BCUT2D eigenvalue weighted by molar-refractivity contribution is -0.385. The molecule has 0 atom stereocenters. The van der Waals surface area contributed by atoms with Gasteiger partial charge in [0.25, 0.3) is 5.69 Å². The zero-order valence-corrected chi connectivity index (χ0v) is 15.0. The molecule has 0 aliphatic rings. The summed E-state index contributed by atoms with van der Waals surface area (Å²) in [6.07, 6.45) is 1.39. The largest absolute Gasteiger partial charge is 0.492 e. The van der Waals surface area contributed by atoms with E-state index in [1.54, 1.807) is 20.8 Å². The van der Waals surface area contributed by atoms with Crippen molar-refractivity contribution in [3.05, 3.63) is 45.1 Å². The van der Waals surface area contributed by atoms with E-state index in [2.05, 4.69) is 15.7 Å². The summed E-state index contributed by atoms with van der Waals surface area (Å²) in [7, 11) is 0. The number of aromatic nitrogens is 3. The Morgan fingerprint density at radius 3 is 2.67 bits per heavy atom. The number of aromatic hydroxyl groups is 1. The van der Waals surface area contributed by atoms with E-state index in [0.717, 1.165) is 12.4 Å². The van der Waals surface area contributed by atoms with E-state index in [1.165, 1.54) is 16.7 Å². The van der Waals surface area contributed by atoms with Crippen LogP contribution < -0.4 is 16.4 Å². The second-order valence-electron chi connectivity index (χ2n) is 6.50. The normalized spacial score (nSPS) is 11.1. The average Bonchev–Trinajstić information content (AvgIpc) is 2.81. The topological polar surface area (TPSA) is 154 Å². The maximum atomic E-state index is 12.2. The van der Waals surface area contributed by atoms with Gasteiger partial charge in [-0.2, -0.15) is 4.68 Å². The molecule has 27 heavy (non-hydrogen) atoms. The molecule has 146 valence electrons. The van der Waals surface area contributed by atoms with Gasteiger partial charge in [0.05, 0.1) is 11.1 Å². The van der Waals surface area contributed by atoms with Crippen LogP contribution in [-0.2, 0) is 11.3 Å². The molecule has 0 bridgehead atoms. The average molecular weight is 380 g/mol. The molecule has 0 fully saturated rings. The number of hydrogen-bond acceptors (Lipinski definition) is 8. The monoisotopic (exact) mass is 380 g/mol. The molecule has 0 saturated carbocycles. The predicted molar refractivity (Wildman–Crippen MR) is 95.3 cm³/mol. The predicted octanol–water partition coefficient (Wildman–Crippen LogP) is 1.25. The van der Waals surface area contributed by atoms with E-state index in [1.807, 2.05) is 0 Å². The van der Waals surface area contributed by atoms with Crippen LogP contribution in [0.3, 0.4) is 0 Å². The van der Waals surface area contributed by atoms with E-state index >= 15 is 0 Å². The summed E-state index contributed by atoms with van der Waals surface area (Å²) in [5.74, 6) is -0.0662. The van der Waals surface area contributed by atoms with Gasteiger partial charge in [0.15, 0.2) is 0 Å². The van der Waals surface area contributed by atoms with Crippen molar-refractivity contribution in [2.45, 2.75) is 32.9 Å². The van der Waals surface area contributed by atoms with Crippen molar-refractivity contribution in [1.82, 2.24) is 14.2 Å². The van der Waals surface area contributed by atoms with Gasteiger partial charge < -0.3 is 15.2 Å². The number of hydrogen-bond donors (Lipinski definition) is 3. The molecular weight excluding hydrogens is 360 g/mol. The first kappa shape index (κ1) is 19.8. The second-order valence-corrected chi connectivity index (χ2v) is 6.50. The number of nitrogens with zero attached hydrogens (tertiary/aromatic N) is 4. The van der Waals surface area contributed by atoms with Crippen LogP contribution in [0.1, 0.15) is 20.8 Å². The molecule has 0 spiro atoms. The van der Waals surface area contributed by atoms with Crippen LogP contribution in [0.4, 0.5) is 16.3 Å². The van der Waals surface area contributed by atoms with Gasteiger partial charge in [-0.3, -0.25) is 14.7 Å². The third-order valence-electron chi connectivity index (χ3n) is 3.16. The summed E-state index contributed by atoms with van der Waals surface area (Å²) in [6, 6.07) is 2.74. The van der Waals surface area contributed by atoms with Gasteiger partial charge in [-0.05, 0) is 26.8 Å². The molecule has 2 aromatic heterocycles. The quantitative estimate of drug-likeness (QED) is 0.500. The molecule has 3 N–H and O–H groups in total. The standard InChI is InChI=1S/C15H20N6O6/c1-15(2,3)27-13(23)18-20-12(22)9-19(14(20)24)7-6-16-11-5-4-10(8-17-11)21(25)26/h4-5,8-9,22H,6-7H2,1-3H3,(H,16,17)(H,18,23). The molecule has 1 amide bonds. The van der Waals surface area contributed by atoms with Crippen LogP contribution in [0.25, 0.3) is 0 Å². The number of nitrogens with one attached hydrogen (secondary N) is 2. The Morgan fingerprint density at radius 1 is 1.41 bits per heavy atom. The lowest BCUT2D eigenvalue weighted by atomic mass is 10.2. The lowest BCUT2D eigenvalue weighted by Crippen LogP contribution is -2.37. The Balaban J connectivity index is 1.96. The molecule has 12 nitrogen and oxygen atoms in total. The van der Waals surface area contributed by atoms with Crippen molar-refractivity contribution in [3.8, 4) is 5.88 Å². The summed E-state index contributed by atoms with van der Waals surface area (Å²) >= 11 is 0. The molecule has 0 aliphatic carbocycles. The molecule has 2 heterocycles. The lowest BCUT2D eigenvalue weighted by Gasteiger charge is -2.19. The maximum Gasteiger partial charge on any atom is 0.427 e. The van der Waals surface area contributed by atoms with Crippen molar-refractivity contribution in [2.24, 2.45) is 0 Å². The Kier molecular flexibility index (Phi) is 5.68. The second kappa shape index (κ2) is 7.76. The van der Waals surface area contributed by atoms with E-state index in [9.17, 15) is 24.8 Å². The first-order valence-corrected chi connectivity index (χ1v) is 7.92. The third kappa shape index (κ3) is 5.45. The first-order chi connectivity index (χ1) is 12.6. The fourth-order valence-corrected chi connectivity index (χ4v) is 2.04. The Morgan fingerprint density at radius 2 is 2.11 bits per heavy atom. The van der Waals surface area contributed by atoms with Gasteiger partial charge in [0.2, 0.25) is 5.88 Å². The van der Waals surface area contributed by atoms with Gasteiger partial charge in [-0.25, -0.2) is 20.0 Å². The van der Waals surface area contributed by atoms with Crippen LogP contribution >= 0.6 is 0 Å². The van der Waals surface area contributed by atoms with Crippen LogP contribution in [0.5, 0.6) is 5.88 Å². The number of imidazole rings is 1. The Hall–Kier alpha value is -3.57. The van der Waals surface area contributed by atoms with Gasteiger partial charge in [-0.1, -0.05) is 0 Å². The number of carbonyl (C=O) groups is 1. The minimum absolute atomic E-state index is 0.132. The van der Waals surface area contributed by atoms with Crippen LogP contribution in [0, 0.1) is 10.1 Å². The van der Waals surface area contributed by atoms with E-state index in [4.69, 9.17) is 4.74 Å². The van der Waals surface area contributed by atoms with E-state index < -0.39 is 28.2 Å². The molecule has 0 saturated heterocycles. The highest BCUT2D eigenvalue weighted by atomic mass is 16.6. The molecule has 0 aliphatic heterocycles. The van der Waals surface area contributed by atoms with Crippen LogP contribution in [-0.4, -0.2) is 42.5 Å².